The average Bonchev–Trinajstić information content (AvgIpc) is 2.81. The van der Waals surface area contributed by atoms with E-state index in [2.05, 4.69) is 0 Å². The third-order valence-corrected chi connectivity index (χ3v) is 3.86. The Balaban J connectivity index is 2.25. The number of hydrogen-bond donors (Lipinski definition) is 1. The Labute approximate surface area is 108 Å². The topological polar surface area (TPSA) is 57.6 Å². The van der Waals surface area contributed by atoms with E-state index < -0.39 is 23.7 Å². The molecule has 0 saturated carbocycles. The molecule has 1 aliphatic rings. The van der Waals surface area contributed by atoms with E-state index >= 15 is 0 Å². The van der Waals surface area contributed by atoms with Crippen LogP contribution in [0.5, 0.6) is 0 Å². The zero-order valence-electron chi connectivity index (χ0n) is 9.72. The van der Waals surface area contributed by atoms with Crippen molar-refractivity contribution in [3.05, 3.63) is 35.1 Å². The molecule has 1 amide bonds. The maximum absolute atomic E-state index is 13.4. The minimum absolute atomic E-state index is 0.187. The van der Waals surface area contributed by atoms with E-state index in [0.717, 1.165) is 6.07 Å². The van der Waals surface area contributed by atoms with Crippen molar-refractivity contribution in [1.29, 1.82) is 0 Å². The number of amides is 1. The Morgan fingerprint density at radius 1 is 1.50 bits per heavy atom. The number of aryl methyl sites for hydroxylation is 1. The lowest BCUT2D eigenvalue weighted by atomic mass is 10.1. The van der Waals surface area contributed by atoms with Crippen LogP contribution in [-0.2, 0) is 4.79 Å². The normalized spacial score (nSPS) is 19.0. The number of nitrogens with zero attached hydrogens (tertiary/aromatic N) is 1. The van der Waals surface area contributed by atoms with Gasteiger partial charge in [-0.05, 0) is 24.6 Å². The SMILES string of the molecule is Cc1ccc(C(=O)N2CSCC2C(=O)O)cc1F. The predicted molar refractivity (Wildman–Crippen MR) is 66.1 cm³/mol. The first-order chi connectivity index (χ1) is 8.50. The Kier molecular flexibility index (Phi) is 3.56. The fourth-order valence-corrected chi connectivity index (χ4v) is 2.88. The van der Waals surface area contributed by atoms with Gasteiger partial charge in [0.05, 0.1) is 5.88 Å². The van der Waals surface area contributed by atoms with Gasteiger partial charge in [-0.1, -0.05) is 6.07 Å². The number of carbonyl (C=O) groups is 2. The number of benzene rings is 1. The number of halogens is 1. The zero-order chi connectivity index (χ0) is 13.3. The lowest BCUT2D eigenvalue weighted by Gasteiger charge is -2.20. The summed E-state index contributed by atoms with van der Waals surface area (Å²) in [7, 11) is 0. The van der Waals surface area contributed by atoms with Crippen molar-refractivity contribution in [3.63, 3.8) is 0 Å². The summed E-state index contributed by atoms with van der Waals surface area (Å²) in [6.07, 6.45) is 0. The molecule has 0 spiro atoms. The van der Waals surface area contributed by atoms with Gasteiger partial charge in [-0.3, -0.25) is 4.79 Å². The van der Waals surface area contributed by atoms with E-state index in [4.69, 9.17) is 5.11 Å². The monoisotopic (exact) mass is 269 g/mol. The summed E-state index contributed by atoms with van der Waals surface area (Å²) in [5.41, 5.74) is 0.643. The van der Waals surface area contributed by atoms with Crippen LogP contribution in [-0.4, -0.2) is 39.6 Å². The van der Waals surface area contributed by atoms with Crippen molar-refractivity contribution in [3.8, 4) is 0 Å². The van der Waals surface area contributed by atoms with Crippen LogP contribution in [0.2, 0.25) is 0 Å². The highest BCUT2D eigenvalue weighted by Gasteiger charge is 2.35. The maximum Gasteiger partial charge on any atom is 0.327 e. The first-order valence-electron chi connectivity index (χ1n) is 5.38. The molecule has 0 aromatic heterocycles. The second-order valence-electron chi connectivity index (χ2n) is 4.09. The van der Waals surface area contributed by atoms with Crippen LogP contribution in [0.25, 0.3) is 0 Å². The van der Waals surface area contributed by atoms with Gasteiger partial charge in [0, 0.05) is 11.3 Å². The van der Waals surface area contributed by atoms with Gasteiger partial charge in [0.15, 0.2) is 0 Å². The van der Waals surface area contributed by atoms with Crippen molar-refractivity contribution in [1.82, 2.24) is 4.90 Å². The molecule has 0 bridgehead atoms. The number of thioether (sulfide) groups is 1. The molecular weight excluding hydrogens is 257 g/mol. The van der Waals surface area contributed by atoms with Crippen LogP contribution < -0.4 is 0 Å². The molecule has 18 heavy (non-hydrogen) atoms. The van der Waals surface area contributed by atoms with Crippen molar-refractivity contribution in [2.24, 2.45) is 0 Å². The number of aliphatic carboxylic acids is 1. The third-order valence-electron chi connectivity index (χ3n) is 2.85. The minimum atomic E-state index is -1.03. The molecule has 6 heteroatoms. The third kappa shape index (κ3) is 2.33. The van der Waals surface area contributed by atoms with E-state index in [1.54, 1.807) is 6.92 Å². The molecule has 1 saturated heterocycles. The lowest BCUT2D eigenvalue weighted by molar-refractivity contribution is -0.140. The molecule has 4 nitrogen and oxygen atoms in total. The van der Waals surface area contributed by atoms with Gasteiger partial charge >= 0.3 is 5.97 Å². The van der Waals surface area contributed by atoms with Gasteiger partial charge in [-0.2, -0.15) is 0 Å². The van der Waals surface area contributed by atoms with Crippen LogP contribution >= 0.6 is 11.8 Å². The second-order valence-corrected chi connectivity index (χ2v) is 5.09. The van der Waals surface area contributed by atoms with Crippen LogP contribution in [0.15, 0.2) is 18.2 Å². The highest BCUT2D eigenvalue weighted by atomic mass is 32.2. The second kappa shape index (κ2) is 4.97. The minimum Gasteiger partial charge on any atom is -0.480 e. The van der Waals surface area contributed by atoms with E-state index in [0.29, 0.717) is 17.2 Å². The lowest BCUT2D eigenvalue weighted by Crippen LogP contribution is -2.41. The Bertz CT molecular complexity index is 506. The highest BCUT2D eigenvalue weighted by Crippen LogP contribution is 2.23. The maximum atomic E-state index is 13.4. The van der Waals surface area contributed by atoms with Crippen molar-refractivity contribution >= 4 is 23.6 Å². The summed E-state index contributed by atoms with van der Waals surface area (Å²) >= 11 is 1.38. The standard InChI is InChI=1S/C12H12FNO3S/c1-7-2-3-8(4-9(7)13)11(15)14-6-18-5-10(14)12(16)17/h2-4,10H,5-6H2,1H3,(H,16,17). The Hall–Kier alpha value is -1.56. The molecule has 1 aromatic carbocycles. The smallest absolute Gasteiger partial charge is 0.327 e. The van der Waals surface area contributed by atoms with Crippen molar-refractivity contribution in [2.75, 3.05) is 11.6 Å². The Morgan fingerprint density at radius 2 is 2.22 bits per heavy atom. The molecule has 1 atom stereocenters. The van der Waals surface area contributed by atoms with E-state index in [9.17, 15) is 14.0 Å². The van der Waals surface area contributed by atoms with E-state index in [-0.39, 0.29) is 5.56 Å². The molecule has 1 heterocycles. The zero-order valence-corrected chi connectivity index (χ0v) is 10.5. The van der Waals surface area contributed by atoms with Gasteiger partial charge in [0.1, 0.15) is 11.9 Å². The van der Waals surface area contributed by atoms with Gasteiger partial charge in [-0.15, -0.1) is 11.8 Å². The van der Waals surface area contributed by atoms with Crippen LogP contribution in [0.4, 0.5) is 4.39 Å². The molecule has 1 fully saturated rings. The molecule has 1 unspecified atom stereocenters. The summed E-state index contributed by atoms with van der Waals surface area (Å²) in [5.74, 6) is -1.23. The molecule has 1 N–H and O–H groups in total. The average molecular weight is 269 g/mol. The molecule has 1 aromatic rings. The first-order valence-corrected chi connectivity index (χ1v) is 6.54. The molecule has 0 radical (unpaired) electrons. The molecular formula is C12H12FNO3S. The summed E-state index contributed by atoms with van der Waals surface area (Å²) < 4.78 is 13.4. The number of rotatable bonds is 2. The van der Waals surface area contributed by atoms with E-state index in [1.807, 2.05) is 0 Å². The Morgan fingerprint density at radius 3 is 2.83 bits per heavy atom. The summed E-state index contributed by atoms with van der Waals surface area (Å²) in [6.45, 7) is 1.61. The first kappa shape index (κ1) is 12.9. The predicted octanol–water partition coefficient (Wildman–Crippen LogP) is 1.73. The van der Waals surface area contributed by atoms with Gasteiger partial charge in [-0.25, -0.2) is 9.18 Å². The van der Waals surface area contributed by atoms with Crippen LogP contribution in [0.1, 0.15) is 15.9 Å². The summed E-state index contributed by atoms with van der Waals surface area (Å²) in [5, 5.41) is 9.00. The number of carbonyl (C=O) groups excluding carboxylic acids is 1. The molecule has 1 aliphatic heterocycles. The number of hydrogen-bond acceptors (Lipinski definition) is 3. The van der Waals surface area contributed by atoms with E-state index in [1.165, 1.54) is 28.8 Å². The quantitative estimate of drug-likeness (QED) is 0.888. The molecule has 0 aliphatic carbocycles. The summed E-state index contributed by atoms with van der Waals surface area (Å²) in [4.78, 5) is 24.4. The van der Waals surface area contributed by atoms with Crippen molar-refractivity contribution < 1.29 is 19.1 Å². The fourth-order valence-electron chi connectivity index (χ4n) is 1.74. The van der Waals surface area contributed by atoms with Gasteiger partial charge in [0.25, 0.3) is 5.91 Å². The summed E-state index contributed by atoms with van der Waals surface area (Å²) in [6, 6.07) is 3.36. The van der Waals surface area contributed by atoms with Crippen LogP contribution in [0.3, 0.4) is 0 Å². The van der Waals surface area contributed by atoms with Gasteiger partial charge in [0.2, 0.25) is 0 Å². The van der Waals surface area contributed by atoms with Crippen LogP contribution in [0, 0.1) is 12.7 Å². The largest absolute Gasteiger partial charge is 0.480 e. The van der Waals surface area contributed by atoms with Gasteiger partial charge < -0.3 is 10.0 Å². The number of carboxylic acids is 1. The molecule has 2 rings (SSSR count). The van der Waals surface area contributed by atoms with Crippen molar-refractivity contribution in [2.45, 2.75) is 13.0 Å². The fraction of sp³-hybridized carbons (Fsp3) is 0.333. The molecule has 96 valence electrons. The highest BCUT2D eigenvalue weighted by molar-refractivity contribution is 7.99. The number of carboxylic acid groups (broad SMARTS) is 1.